The summed E-state index contributed by atoms with van der Waals surface area (Å²) in [6, 6.07) is 8.62. The third-order valence-corrected chi connectivity index (χ3v) is 9.65. The maximum Gasteiger partial charge on any atom is 0.237 e. The van der Waals surface area contributed by atoms with Gasteiger partial charge in [0.25, 0.3) is 0 Å². The van der Waals surface area contributed by atoms with Crippen LogP contribution >= 0.6 is 22.9 Å². The Hall–Kier alpha value is -4.35. The molecule has 1 N–H and O–H groups in total. The summed E-state index contributed by atoms with van der Waals surface area (Å²) in [7, 11) is 4.41. The van der Waals surface area contributed by atoms with Gasteiger partial charge in [0, 0.05) is 53.6 Å². The van der Waals surface area contributed by atoms with Gasteiger partial charge in [0.15, 0.2) is 5.75 Å². The molecule has 1 aliphatic heterocycles. The zero-order chi connectivity index (χ0) is 32.0. The number of hydrogen-bond donors (Lipinski definition) is 1. The molecule has 0 radical (unpaired) electrons. The molecule has 3 heterocycles. The van der Waals surface area contributed by atoms with E-state index in [1.165, 1.54) is 31.6 Å². The number of benzene rings is 2. The molecule has 1 aliphatic carbocycles. The van der Waals surface area contributed by atoms with Gasteiger partial charge >= 0.3 is 0 Å². The molecule has 0 saturated carbocycles. The summed E-state index contributed by atoms with van der Waals surface area (Å²) in [5.41, 5.74) is 0.248. The molecule has 6 rings (SSSR count). The van der Waals surface area contributed by atoms with Crippen LogP contribution in [0.5, 0.6) is 23.0 Å². The first-order valence-electron chi connectivity index (χ1n) is 14.3. The molecular weight excluding hydrogens is 620 g/mol. The molecule has 45 heavy (non-hydrogen) atoms. The minimum Gasteiger partial charge on any atom is -0.497 e. The minimum absolute atomic E-state index is 0.0251. The Balaban J connectivity index is 1.40. The van der Waals surface area contributed by atoms with E-state index in [9.17, 15) is 14.4 Å². The number of rotatable bonds is 9. The van der Waals surface area contributed by atoms with Gasteiger partial charge in [0.1, 0.15) is 39.4 Å². The van der Waals surface area contributed by atoms with Crippen molar-refractivity contribution in [2.45, 2.75) is 38.7 Å². The quantitative estimate of drug-likeness (QED) is 0.228. The fourth-order valence-electron chi connectivity index (χ4n) is 6.03. The number of carbonyl (C=O) groups is 3. The molecule has 2 aliphatic rings. The zero-order valence-electron chi connectivity index (χ0n) is 25.4. The van der Waals surface area contributed by atoms with Gasteiger partial charge in [-0.15, -0.1) is 11.3 Å². The lowest BCUT2D eigenvalue weighted by molar-refractivity contribution is -0.120. The van der Waals surface area contributed by atoms with E-state index in [4.69, 9.17) is 35.0 Å². The first-order valence-corrected chi connectivity index (χ1v) is 15.6. The smallest absolute Gasteiger partial charge is 0.237 e. The summed E-state index contributed by atoms with van der Waals surface area (Å²) in [6.07, 6.45) is 0.615. The fourth-order valence-corrected chi connectivity index (χ4v) is 7.07. The number of aromatic nitrogens is 1. The van der Waals surface area contributed by atoms with Gasteiger partial charge in [-0.25, -0.2) is 4.98 Å². The van der Waals surface area contributed by atoms with Crippen LogP contribution in [0.3, 0.4) is 0 Å². The van der Waals surface area contributed by atoms with Crippen molar-refractivity contribution >= 4 is 40.4 Å². The highest BCUT2D eigenvalue weighted by Gasteiger charge is 2.63. The number of fused-ring (bicyclic) bond motifs is 2. The average Bonchev–Trinajstić information content (AvgIpc) is 3.71. The lowest BCUT2D eigenvalue weighted by atomic mass is 9.70. The number of nitrogens with zero attached hydrogens (tertiary/aromatic N) is 1. The Morgan fingerprint density at radius 2 is 1.80 bits per heavy atom. The zero-order valence-corrected chi connectivity index (χ0v) is 26.9. The number of furan rings is 1. The molecule has 4 aromatic rings. The van der Waals surface area contributed by atoms with Crippen LogP contribution < -0.4 is 24.3 Å². The van der Waals surface area contributed by atoms with E-state index in [1.807, 2.05) is 12.3 Å². The highest BCUT2D eigenvalue weighted by molar-refractivity contribution is 7.09. The Bertz CT molecular complexity index is 1830. The molecular formula is C33H31ClN2O8S. The van der Waals surface area contributed by atoms with E-state index < -0.39 is 23.1 Å². The first-order chi connectivity index (χ1) is 21.6. The summed E-state index contributed by atoms with van der Waals surface area (Å²) in [5, 5.41) is 5.87. The molecule has 2 aromatic carbocycles. The third-order valence-electron chi connectivity index (χ3n) is 8.27. The predicted octanol–water partition coefficient (Wildman–Crippen LogP) is 5.68. The second kappa shape index (κ2) is 11.9. The first kappa shape index (κ1) is 30.7. The second-order valence-electron chi connectivity index (χ2n) is 11.0. The van der Waals surface area contributed by atoms with Crippen LogP contribution in [0.25, 0.3) is 11.3 Å². The number of hydrogen-bond acceptors (Lipinski definition) is 10. The fraction of sp³-hybridized carbons (Fsp3) is 0.333. The molecule has 10 nitrogen and oxygen atoms in total. The maximum absolute atomic E-state index is 14.7. The molecule has 2 atom stereocenters. The molecule has 0 unspecified atom stereocenters. The molecule has 234 valence electrons. The highest BCUT2D eigenvalue weighted by Crippen LogP contribution is 2.54. The van der Waals surface area contributed by atoms with Crippen LogP contribution in [-0.2, 0) is 24.1 Å². The van der Waals surface area contributed by atoms with Crippen molar-refractivity contribution in [2.75, 3.05) is 27.9 Å². The molecule has 1 spiro atoms. The van der Waals surface area contributed by atoms with Gasteiger partial charge in [-0.05, 0) is 31.2 Å². The van der Waals surface area contributed by atoms with Crippen molar-refractivity contribution in [3.05, 3.63) is 73.9 Å². The Morgan fingerprint density at radius 3 is 2.44 bits per heavy atom. The normalized spacial score (nSPS) is 18.4. The van der Waals surface area contributed by atoms with Crippen molar-refractivity contribution < 1.29 is 37.7 Å². The van der Waals surface area contributed by atoms with E-state index in [-0.39, 0.29) is 52.1 Å². The van der Waals surface area contributed by atoms with Crippen LogP contribution in [0, 0.1) is 12.8 Å². The van der Waals surface area contributed by atoms with Crippen molar-refractivity contribution in [2.24, 2.45) is 5.92 Å². The molecule has 2 aromatic heterocycles. The standard InChI is InChI=1S/C33H31ClN2O8S/c1-16-12-22-26(31(38)33(16)32(39)27-21(41-4)14-23(42-5)28(34)30(27)44-33)20(29(43-22)18-6-8-19(40-3)9-7-18)13-24(37)35-11-10-25-36-17(2)15-45-25/h6-9,14-16H,10-13H2,1-5H3,(H,35,37)/t16-,33+/m1/s1. The number of aryl methyl sites for hydroxylation is 1. The number of amides is 1. The van der Waals surface area contributed by atoms with Crippen molar-refractivity contribution in [3.63, 3.8) is 0 Å². The van der Waals surface area contributed by atoms with Gasteiger partial charge < -0.3 is 28.7 Å². The van der Waals surface area contributed by atoms with Crippen molar-refractivity contribution in [1.29, 1.82) is 0 Å². The van der Waals surface area contributed by atoms with Crippen LogP contribution in [0.4, 0.5) is 0 Å². The van der Waals surface area contributed by atoms with Crippen LogP contribution in [0.1, 0.15) is 49.7 Å². The number of Topliss-reactive ketones (excluding diaryl/α,β-unsaturated/α-hetero) is 2. The number of ketones is 2. The van der Waals surface area contributed by atoms with Gasteiger partial charge in [0.2, 0.25) is 23.1 Å². The Morgan fingerprint density at radius 1 is 1.09 bits per heavy atom. The van der Waals surface area contributed by atoms with Crippen molar-refractivity contribution in [3.8, 4) is 34.3 Å². The largest absolute Gasteiger partial charge is 0.497 e. The monoisotopic (exact) mass is 650 g/mol. The summed E-state index contributed by atoms with van der Waals surface area (Å²) < 4.78 is 28.8. The number of nitrogens with one attached hydrogen (secondary N) is 1. The van der Waals surface area contributed by atoms with Gasteiger partial charge in [-0.2, -0.15) is 0 Å². The van der Waals surface area contributed by atoms with Gasteiger partial charge in [-0.3, -0.25) is 14.4 Å². The molecule has 1 amide bonds. The van der Waals surface area contributed by atoms with E-state index in [1.54, 1.807) is 38.3 Å². The molecule has 0 saturated heterocycles. The minimum atomic E-state index is -1.94. The van der Waals surface area contributed by atoms with E-state index >= 15 is 0 Å². The number of thiazole rings is 1. The number of ether oxygens (including phenoxy) is 4. The predicted molar refractivity (Wildman–Crippen MR) is 167 cm³/mol. The lowest BCUT2D eigenvalue weighted by Gasteiger charge is -2.35. The van der Waals surface area contributed by atoms with E-state index in [2.05, 4.69) is 10.3 Å². The van der Waals surface area contributed by atoms with Gasteiger partial charge in [0.05, 0.1) is 38.3 Å². The highest BCUT2D eigenvalue weighted by atomic mass is 35.5. The summed E-state index contributed by atoms with van der Waals surface area (Å²) >= 11 is 8.13. The van der Waals surface area contributed by atoms with E-state index in [0.717, 1.165) is 10.7 Å². The Labute approximate surface area is 268 Å². The number of carbonyl (C=O) groups excluding carboxylic acids is 3. The summed E-state index contributed by atoms with van der Waals surface area (Å²) in [6.45, 7) is 4.05. The van der Waals surface area contributed by atoms with Crippen LogP contribution in [0.15, 0.2) is 40.1 Å². The Kier molecular flexibility index (Phi) is 8.09. The lowest BCUT2D eigenvalue weighted by Crippen LogP contribution is -2.56. The number of halogens is 1. The molecule has 0 fully saturated rings. The molecule has 12 heteroatoms. The van der Waals surface area contributed by atoms with Crippen LogP contribution in [0.2, 0.25) is 5.02 Å². The SMILES string of the molecule is COc1ccc(-c2oc3c(c2CC(=O)NCCc2nc(C)cs2)C(=O)[C@@]2(Oc4c(Cl)c(OC)cc(OC)c4C2=O)[C@H](C)C3)cc1. The molecule has 0 bridgehead atoms. The maximum atomic E-state index is 14.7. The number of methoxy groups -OCH3 is 3. The third kappa shape index (κ3) is 5.04. The van der Waals surface area contributed by atoms with Gasteiger partial charge in [-0.1, -0.05) is 18.5 Å². The van der Waals surface area contributed by atoms with E-state index in [0.29, 0.717) is 41.4 Å². The summed E-state index contributed by atoms with van der Waals surface area (Å²) in [4.78, 5) is 46.7. The van der Waals surface area contributed by atoms with Crippen LogP contribution in [-0.4, -0.2) is 55.9 Å². The second-order valence-corrected chi connectivity index (χ2v) is 12.3. The summed E-state index contributed by atoms with van der Waals surface area (Å²) in [5.74, 6) is -0.275. The van der Waals surface area contributed by atoms with Crippen molar-refractivity contribution in [1.82, 2.24) is 10.3 Å². The average molecular weight is 651 g/mol. The topological polar surface area (TPSA) is 126 Å².